The van der Waals surface area contributed by atoms with E-state index in [1.54, 1.807) is 18.2 Å². The van der Waals surface area contributed by atoms with Crippen LogP contribution in [0, 0.1) is 13.8 Å². The van der Waals surface area contributed by atoms with Gasteiger partial charge in [0.15, 0.2) is 6.61 Å². The number of esters is 1. The molecular weight excluding hydrogens is 366 g/mol. The molecule has 0 saturated carbocycles. The number of ketones is 1. The lowest BCUT2D eigenvalue weighted by Crippen LogP contribution is -2.43. The lowest BCUT2D eigenvalue weighted by Gasteiger charge is -2.25. The Morgan fingerprint density at radius 2 is 2.04 bits per heavy atom. The largest absolute Gasteiger partial charge is 0.466 e. The molecular formula is C20H21NO5S. The number of Topliss-reactive ketones (excluding diaryl/α,β-unsaturated/α-hetero) is 1. The molecule has 27 heavy (non-hydrogen) atoms. The van der Waals surface area contributed by atoms with Gasteiger partial charge in [0, 0.05) is 18.2 Å². The van der Waals surface area contributed by atoms with Gasteiger partial charge in [-0.25, -0.2) is 4.79 Å². The molecule has 7 heteroatoms. The fourth-order valence-electron chi connectivity index (χ4n) is 3.16. The molecule has 1 fully saturated rings. The third kappa shape index (κ3) is 4.08. The summed E-state index contributed by atoms with van der Waals surface area (Å²) in [4.78, 5) is 38.5. The van der Waals surface area contributed by atoms with Crippen molar-refractivity contribution in [3.05, 3.63) is 59.0 Å². The summed E-state index contributed by atoms with van der Waals surface area (Å²) in [6.07, 6.45) is 1.53. The normalized spacial score (nSPS) is 19.1. The van der Waals surface area contributed by atoms with E-state index in [1.165, 1.54) is 29.8 Å². The number of ether oxygens (including phenoxy) is 1. The van der Waals surface area contributed by atoms with Gasteiger partial charge in [-0.1, -0.05) is 23.8 Å². The molecule has 1 saturated heterocycles. The predicted molar refractivity (Wildman–Crippen MR) is 101 cm³/mol. The van der Waals surface area contributed by atoms with E-state index in [0.717, 1.165) is 11.1 Å². The van der Waals surface area contributed by atoms with Crippen LogP contribution >= 0.6 is 11.8 Å². The van der Waals surface area contributed by atoms with Crippen LogP contribution in [0.15, 0.2) is 41.0 Å². The Hall–Kier alpha value is -2.54. The average Bonchev–Trinajstić information content (AvgIpc) is 3.28. The molecule has 0 unspecified atom stereocenters. The third-order valence-corrected chi connectivity index (χ3v) is 5.73. The maximum Gasteiger partial charge on any atom is 0.330 e. The summed E-state index contributed by atoms with van der Waals surface area (Å²) in [6, 6.07) is 8.26. The number of carbonyl (C=O) groups excluding carboxylic acids is 3. The standard InChI is InChI=1S/C20H21NO5S/c1-12-6-7-15(13(2)9-12)17(23)10-26-20(24)16-11-27-19(21(16)14(3)22)18-5-4-8-25-18/h4-9,16,19H,10-11H2,1-3H3/t16-,19-/m1/s1. The highest BCUT2D eigenvalue weighted by Gasteiger charge is 2.43. The number of benzene rings is 1. The van der Waals surface area contributed by atoms with Crippen LogP contribution in [0.5, 0.6) is 0 Å². The van der Waals surface area contributed by atoms with Crippen LogP contribution in [-0.4, -0.2) is 41.0 Å². The number of hydrogen-bond acceptors (Lipinski definition) is 6. The lowest BCUT2D eigenvalue weighted by atomic mass is 10.0. The molecule has 1 aliphatic heterocycles. The second kappa shape index (κ2) is 8.00. The number of carbonyl (C=O) groups is 3. The van der Waals surface area contributed by atoms with Gasteiger partial charge in [-0.2, -0.15) is 0 Å². The highest BCUT2D eigenvalue weighted by Crippen LogP contribution is 2.41. The van der Waals surface area contributed by atoms with Gasteiger partial charge < -0.3 is 14.1 Å². The molecule has 2 aromatic rings. The van der Waals surface area contributed by atoms with Crippen LogP contribution in [0.3, 0.4) is 0 Å². The van der Waals surface area contributed by atoms with Crippen molar-refractivity contribution in [2.75, 3.05) is 12.4 Å². The Morgan fingerprint density at radius 1 is 1.26 bits per heavy atom. The third-order valence-electron chi connectivity index (χ3n) is 4.45. The summed E-state index contributed by atoms with van der Waals surface area (Å²) in [6.45, 7) is 4.86. The SMILES string of the molecule is CC(=O)N1[C@@H](C(=O)OCC(=O)c2ccc(C)cc2C)CS[C@@H]1c1ccco1. The van der Waals surface area contributed by atoms with Gasteiger partial charge in [-0.3, -0.25) is 9.59 Å². The Labute approximate surface area is 161 Å². The predicted octanol–water partition coefficient (Wildman–Crippen LogP) is 3.29. The van der Waals surface area contributed by atoms with Crippen LogP contribution < -0.4 is 0 Å². The van der Waals surface area contributed by atoms with Gasteiger partial charge in [0.1, 0.15) is 17.2 Å². The average molecular weight is 387 g/mol. The Morgan fingerprint density at radius 3 is 2.67 bits per heavy atom. The number of nitrogens with zero attached hydrogens (tertiary/aromatic N) is 1. The minimum Gasteiger partial charge on any atom is -0.466 e. The minimum absolute atomic E-state index is 0.246. The molecule has 1 aliphatic rings. The van der Waals surface area contributed by atoms with E-state index in [0.29, 0.717) is 17.1 Å². The van der Waals surface area contributed by atoms with E-state index in [1.807, 2.05) is 26.0 Å². The second-order valence-electron chi connectivity index (χ2n) is 6.49. The van der Waals surface area contributed by atoms with Gasteiger partial charge in [-0.05, 0) is 31.5 Å². The molecule has 1 amide bonds. The van der Waals surface area contributed by atoms with Crippen molar-refractivity contribution in [1.82, 2.24) is 4.90 Å². The van der Waals surface area contributed by atoms with Crippen molar-refractivity contribution in [2.24, 2.45) is 0 Å². The number of thioether (sulfide) groups is 1. The van der Waals surface area contributed by atoms with Crippen molar-refractivity contribution in [3.63, 3.8) is 0 Å². The van der Waals surface area contributed by atoms with Gasteiger partial charge in [0.05, 0.1) is 6.26 Å². The molecule has 142 valence electrons. The highest BCUT2D eigenvalue weighted by atomic mass is 32.2. The van der Waals surface area contributed by atoms with Gasteiger partial charge >= 0.3 is 5.97 Å². The molecule has 3 rings (SSSR count). The molecule has 2 atom stereocenters. The summed E-state index contributed by atoms with van der Waals surface area (Å²) in [5.74, 6) is -0.0871. The van der Waals surface area contributed by atoms with Crippen molar-refractivity contribution < 1.29 is 23.5 Å². The fourth-order valence-corrected chi connectivity index (χ4v) is 4.58. The summed E-state index contributed by atoms with van der Waals surface area (Å²) < 4.78 is 10.6. The second-order valence-corrected chi connectivity index (χ2v) is 7.61. The quantitative estimate of drug-likeness (QED) is 0.579. The zero-order chi connectivity index (χ0) is 19.6. The van der Waals surface area contributed by atoms with Gasteiger partial charge in [0.25, 0.3) is 0 Å². The molecule has 1 aromatic carbocycles. The van der Waals surface area contributed by atoms with E-state index >= 15 is 0 Å². The maximum absolute atomic E-state index is 12.5. The zero-order valence-corrected chi connectivity index (χ0v) is 16.2. The smallest absolute Gasteiger partial charge is 0.330 e. The first-order valence-electron chi connectivity index (χ1n) is 8.59. The molecule has 0 bridgehead atoms. The fraction of sp³-hybridized carbons (Fsp3) is 0.350. The first-order chi connectivity index (χ1) is 12.9. The Kier molecular flexibility index (Phi) is 5.70. The van der Waals surface area contributed by atoms with Crippen molar-refractivity contribution in [3.8, 4) is 0 Å². The van der Waals surface area contributed by atoms with E-state index < -0.39 is 12.0 Å². The highest BCUT2D eigenvalue weighted by molar-refractivity contribution is 7.99. The number of hydrogen-bond donors (Lipinski definition) is 0. The van der Waals surface area contributed by atoms with Gasteiger partial charge in [0.2, 0.25) is 11.7 Å². The number of aryl methyl sites for hydroxylation is 2. The maximum atomic E-state index is 12.5. The van der Waals surface area contributed by atoms with Crippen LogP contribution in [0.25, 0.3) is 0 Å². The first-order valence-corrected chi connectivity index (χ1v) is 9.64. The summed E-state index contributed by atoms with van der Waals surface area (Å²) >= 11 is 1.43. The molecule has 0 radical (unpaired) electrons. The molecule has 0 aliphatic carbocycles. The zero-order valence-electron chi connectivity index (χ0n) is 15.4. The van der Waals surface area contributed by atoms with Crippen LogP contribution in [0.1, 0.15) is 39.5 Å². The number of amides is 1. The number of rotatable bonds is 5. The topological polar surface area (TPSA) is 76.8 Å². The van der Waals surface area contributed by atoms with E-state index in [2.05, 4.69) is 0 Å². The van der Waals surface area contributed by atoms with Crippen LogP contribution in [-0.2, 0) is 14.3 Å². The molecule has 0 N–H and O–H groups in total. The van der Waals surface area contributed by atoms with Crippen molar-refractivity contribution in [2.45, 2.75) is 32.2 Å². The van der Waals surface area contributed by atoms with Crippen molar-refractivity contribution in [1.29, 1.82) is 0 Å². The first kappa shape index (κ1) is 19.2. The molecule has 2 heterocycles. The lowest BCUT2D eigenvalue weighted by molar-refractivity contribution is -0.152. The van der Waals surface area contributed by atoms with E-state index in [-0.39, 0.29) is 23.7 Å². The summed E-state index contributed by atoms with van der Waals surface area (Å²) in [7, 11) is 0. The monoisotopic (exact) mass is 387 g/mol. The van der Waals surface area contributed by atoms with E-state index in [9.17, 15) is 14.4 Å². The van der Waals surface area contributed by atoms with Gasteiger partial charge in [-0.15, -0.1) is 11.8 Å². The van der Waals surface area contributed by atoms with Crippen molar-refractivity contribution >= 4 is 29.4 Å². The Balaban J connectivity index is 1.66. The molecule has 0 spiro atoms. The summed E-state index contributed by atoms with van der Waals surface area (Å²) in [5, 5.41) is -0.370. The van der Waals surface area contributed by atoms with E-state index in [4.69, 9.17) is 9.15 Å². The molecule has 6 nitrogen and oxygen atoms in total. The summed E-state index contributed by atoms with van der Waals surface area (Å²) in [5.41, 5.74) is 2.44. The van der Waals surface area contributed by atoms with Crippen LogP contribution in [0.2, 0.25) is 0 Å². The molecule has 1 aromatic heterocycles. The minimum atomic E-state index is -0.741. The Bertz CT molecular complexity index is 861. The number of furan rings is 1. The van der Waals surface area contributed by atoms with Crippen LogP contribution in [0.4, 0.5) is 0 Å².